The Balaban J connectivity index is 1.63. The lowest BCUT2D eigenvalue weighted by molar-refractivity contribution is -0.133. The fourth-order valence-corrected chi connectivity index (χ4v) is 3.89. The second-order valence-electron chi connectivity index (χ2n) is 7.79. The number of nitrogens with one attached hydrogen (secondary N) is 1. The van der Waals surface area contributed by atoms with E-state index < -0.39 is 5.54 Å². The number of benzene rings is 2. The van der Waals surface area contributed by atoms with E-state index in [2.05, 4.69) is 10.4 Å². The van der Waals surface area contributed by atoms with Crippen LogP contribution in [0, 0.1) is 6.92 Å². The van der Waals surface area contributed by atoms with E-state index >= 15 is 0 Å². The van der Waals surface area contributed by atoms with Gasteiger partial charge >= 0.3 is 0 Å². The van der Waals surface area contributed by atoms with Crippen molar-refractivity contribution in [2.75, 3.05) is 0 Å². The predicted octanol–water partition coefficient (Wildman–Crippen LogP) is 3.58. The molecule has 2 heterocycles. The summed E-state index contributed by atoms with van der Waals surface area (Å²) in [5.41, 5.74) is 2.08. The number of carbonyl (C=O) groups is 2. The Labute approximate surface area is 180 Å². The van der Waals surface area contributed by atoms with Crippen LogP contribution in [0.4, 0.5) is 0 Å². The summed E-state index contributed by atoms with van der Waals surface area (Å²) < 4.78 is 1.64. The van der Waals surface area contributed by atoms with Gasteiger partial charge in [-0.1, -0.05) is 54.1 Å². The van der Waals surface area contributed by atoms with Crippen molar-refractivity contribution in [2.45, 2.75) is 39.0 Å². The summed E-state index contributed by atoms with van der Waals surface area (Å²) in [6.45, 7) is 4.63. The van der Waals surface area contributed by atoms with E-state index in [1.54, 1.807) is 34.7 Å². The third kappa shape index (κ3) is 3.83. The summed E-state index contributed by atoms with van der Waals surface area (Å²) in [6, 6.07) is 18.8. The lowest BCUT2D eigenvalue weighted by Crippen LogP contribution is -2.63. The van der Waals surface area contributed by atoms with Crippen LogP contribution in [-0.2, 0) is 24.4 Å². The molecule has 154 valence electrons. The number of aryl methyl sites for hydroxylation is 1. The van der Waals surface area contributed by atoms with Crippen molar-refractivity contribution in [2.24, 2.45) is 0 Å². The Morgan fingerprint density at radius 1 is 1.13 bits per heavy atom. The smallest absolute Gasteiger partial charge is 0.273 e. The number of aromatic nitrogens is 2. The zero-order valence-electron chi connectivity index (χ0n) is 16.9. The molecule has 1 atom stereocenters. The zero-order chi connectivity index (χ0) is 21.3. The molecule has 1 aliphatic rings. The van der Waals surface area contributed by atoms with E-state index in [-0.39, 0.29) is 11.8 Å². The van der Waals surface area contributed by atoms with E-state index in [0.29, 0.717) is 30.4 Å². The molecule has 0 spiro atoms. The average molecular weight is 423 g/mol. The second kappa shape index (κ2) is 7.95. The molecule has 1 unspecified atom stereocenters. The molecule has 4 rings (SSSR count). The maximum atomic E-state index is 13.4. The van der Waals surface area contributed by atoms with Crippen LogP contribution in [0.15, 0.2) is 60.7 Å². The molecule has 7 heteroatoms. The third-order valence-corrected chi connectivity index (χ3v) is 5.71. The normalized spacial score (nSPS) is 18.2. The van der Waals surface area contributed by atoms with E-state index in [0.717, 1.165) is 16.8 Å². The molecule has 1 aliphatic heterocycles. The van der Waals surface area contributed by atoms with Gasteiger partial charge in [0.05, 0.1) is 12.2 Å². The first kappa shape index (κ1) is 20.2. The molecule has 0 fully saturated rings. The highest BCUT2D eigenvalue weighted by molar-refractivity contribution is 6.30. The quantitative estimate of drug-likeness (QED) is 0.683. The van der Waals surface area contributed by atoms with Crippen molar-refractivity contribution < 1.29 is 9.59 Å². The Morgan fingerprint density at radius 3 is 2.53 bits per heavy atom. The highest BCUT2D eigenvalue weighted by Crippen LogP contribution is 2.29. The van der Waals surface area contributed by atoms with Gasteiger partial charge in [-0.25, -0.2) is 0 Å². The van der Waals surface area contributed by atoms with Gasteiger partial charge in [-0.15, -0.1) is 0 Å². The maximum Gasteiger partial charge on any atom is 0.273 e. The number of halogens is 1. The van der Waals surface area contributed by atoms with Crippen molar-refractivity contribution in [3.63, 3.8) is 0 Å². The number of nitrogens with zero attached hydrogens (tertiary/aromatic N) is 3. The lowest BCUT2D eigenvalue weighted by atomic mass is 9.94. The van der Waals surface area contributed by atoms with Crippen LogP contribution in [0.2, 0.25) is 5.02 Å². The van der Waals surface area contributed by atoms with Crippen molar-refractivity contribution in [1.29, 1.82) is 0 Å². The second-order valence-corrected chi connectivity index (χ2v) is 8.22. The van der Waals surface area contributed by atoms with Gasteiger partial charge in [-0.05, 0) is 43.2 Å². The zero-order valence-corrected chi connectivity index (χ0v) is 17.7. The van der Waals surface area contributed by atoms with Crippen LogP contribution in [-0.4, -0.2) is 32.0 Å². The average Bonchev–Trinajstić information content (AvgIpc) is 3.11. The van der Waals surface area contributed by atoms with Gasteiger partial charge in [0.1, 0.15) is 11.2 Å². The molecule has 0 saturated carbocycles. The van der Waals surface area contributed by atoms with Crippen LogP contribution in [0.3, 0.4) is 0 Å². The van der Waals surface area contributed by atoms with E-state index in [4.69, 9.17) is 11.6 Å². The number of hydrogen-bond donors (Lipinski definition) is 1. The number of rotatable bonds is 5. The topological polar surface area (TPSA) is 67.2 Å². The Hall–Kier alpha value is -3.12. The molecule has 1 aromatic heterocycles. The maximum absolute atomic E-state index is 13.4. The molecule has 0 aliphatic carbocycles. The standard InChI is InChI=1S/C23H23ClN4O2/c1-16-12-20-21(29)27(14-18-6-4-3-5-7-18)23(2,15-28(20)26-16)22(30)25-13-17-8-10-19(24)11-9-17/h3-12H,13-15H2,1-2H3,(H,25,30). The molecule has 1 N–H and O–H groups in total. The molecule has 2 aromatic carbocycles. The molecular formula is C23H23ClN4O2. The van der Waals surface area contributed by atoms with E-state index in [1.165, 1.54) is 0 Å². The van der Waals surface area contributed by atoms with E-state index in [1.807, 2.05) is 49.4 Å². The van der Waals surface area contributed by atoms with Gasteiger partial charge in [0.15, 0.2) is 0 Å². The van der Waals surface area contributed by atoms with Crippen molar-refractivity contribution in [3.05, 3.63) is 88.2 Å². The number of fused-ring (bicyclic) bond motifs is 1. The minimum absolute atomic E-state index is 0.199. The summed E-state index contributed by atoms with van der Waals surface area (Å²) in [5, 5.41) is 8.05. The van der Waals surface area contributed by atoms with Crippen LogP contribution >= 0.6 is 11.6 Å². The van der Waals surface area contributed by atoms with Gasteiger partial charge in [0.25, 0.3) is 5.91 Å². The molecule has 2 amide bonds. The Bertz CT molecular complexity index is 1080. The SMILES string of the molecule is Cc1cc2n(n1)CC(C)(C(=O)NCc1ccc(Cl)cc1)N(Cc1ccccc1)C2=O. The van der Waals surface area contributed by atoms with Gasteiger partial charge in [0, 0.05) is 18.1 Å². The molecule has 3 aromatic rings. The number of hydrogen-bond acceptors (Lipinski definition) is 3. The summed E-state index contributed by atoms with van der Waals surface area (Å²) in [5.74, 6) is -0.421. The van der Waals surface area contributed by atoms with Crippen LogP contribution in [0.25, 0.3) is 0 Å². The summed E-state index contributed by atoms with van der Waals surface area (Å²) >= 11 is 5.94. The van der Waals surface area contributed by atoms with E-state index in [9.17, 15) is 9.59 Å². The van der Waals surface area contributed by atoms with Crippen LogP contribution < -0.4 is 5.32 Å². The minimum Gasteiger partial charge on any atom is -0.350 e. The Kier molecular flexibility index (Phi) is 5.35. The summed E-state index contributed by atoms with van der Waals surface area (Å²) in [7, 11) is 0. The molecule has 0 radical (unpaired) electrons. The summed E-state index contributed by atoms with van der Waals surface area (Å²) in [4.78, 5) is 28.3. The predicted molar refractivity (Wildman–Crippen MR) is 115 cm³/mol. The van der Waals surface area contributed by atoms with Crippen molar-refractivity contribution in [1.82, 2.24) is 20.0 Å². The van der Waals surface area contributed by atoms with Gasteiger partial charge < -0.3 is 10.2 Å². The number of carbonyl (C=O) groups excluding carboxylic acids is 2. The molecule has 30 heavy (non-hydrogen) atoms. The molecule has 0 saturated heterocycles. The first-order valence-electron chi connectivity index (χ1n) is 9.80. The van der Waals surface area contributed by atoms with Crippen molar-refractivity contribution in [3.8, 4) is 0 Å². The Morgan fingerprint density at radius 2 is 1.83 bits per heavy atom. The van der Waals surface area contributed by atoms with Gasteiger partial charge in [0.2, 0.25) is 5.91 Å². The first-order valence-corrected chi connectivity index (χ1v) is 10.2. The molecule has 0 bridgehead atoms. The molecule has 6 nitrogen and oxygen atoms in total. The van der Waals surface area contributed by atoms with Gasteiger partial charge in [-0.3, -0.25) is 14.3 Å². The third-order valence-electron chi connectivity index (χ3n) is 5.46. The largest absolute Gasteiger partial charge is 0.350 e. The van der Waals surface area contributed by atoms with Gasteiger partial charge in [-0.2, -0.15) is 5.10 Å². The first-order chi connectivity index (χ1) is 14.4. The number of amides is 2. The van der Waals surface area contributed by atoms with Crippen LogP contribution in [0.1, 0.15) is 34.2 Å². The fraction of sp³-hybridized carbons (Fsp3) is 0.261. The highest BCUT2D eigenvalue weighted by Gasteiger charge is 2.47. The minimum atomic E-state index is -1.08. The van der Waals surface area contributed by atoms with Crippen molar-refractivity contribution >= 4 is 23.4 Å². The fourth-order valence-electron chi connectivity index (χ4n) is 3.76. The highest BCUT2D eigenvalue weighted by atomic mass is 35.5. The molecular weight excluding hydrogens is 400 g/mol. The monoisotopic (exact) mass is 422 g/mol. The van der Waals surface area contributed by atoms with Crippen LogP contribution in [0.5, 0.6) is 0 Å². The lowest BCUT2D eigenvalue weighted by Gasteiger charge is -2.43. The summed E-state index contributed by atoms with van der Waals surface area (Å²) in [6.07, 6.45) is 0.